The largest absolute Gasteiger partial charge is 0.486 e. The molecule has 0 aliphatic rings. The maximum Gasteiger partial charge on any atom is 0.433 e. The molecule has 3 aromatic carbocycles. The van der Waals surface area contributed by atoms with Gasteiger partial charge in [0.15, 0.2) is 0 Å². The van der Waals surface area contributed by atoms with Crippen LogP contribution in [0.2, 0.25) is 19.6 Å². The summed E-state index contributed by atoms with van der Waals surface area (Å²) >= 11 is 0. The molecule has 0 saturated carbocycles. The minimum atomic E-state index is -4.53. The summed E-state index contributed by atoms with van der Waals surface area (Å²) in [4.78, 5) is 13.1. The van der Waals surface area contributed by atoms with Crippen molar-refractivity contribution in [1.29, 1.82) is 0 Å². The van der Waals surface area contributed by atoms with Gasteiger partial charge in [0.25, 0.3) is 0 Å². The van der Waals surface area contributed by atoms with Crippen LogP contribution in [0.25, 0.3) is 55.7 Å². The maximum atomic E-state index is 13.0. The van der Waals surface area contributed by atoms with Gasteiger partial charge in [-0.05, 0) is 54.4 Å². The number of alkyl halides is 3. The van der Waals surface area contributed by atoms with Crippen LogP contribution in [0, 0.1) is 18.1 Å². The van der Waals surface area contributed by atoms with Gasteiger partial charge in [0.05, 0.1) is 30.5 Å². The predicted molar refractivity (Wildman–Crippen MR) is 190 cm³/mol. The molecule has 49 heavy (non-hydrogen) atoms. The number of aromatic nitrogens is 4. The van der Waals surface area contributed by atoms with Crippen molar-refractivity contribution < 1.29 is 37.7 Å². The first kappa shape index (κ1) is 36.2. The molecule has 0 aliphatic heterocycles. The summed E-state index contributed by atoms with van der Waals surface area (Å²) in [7, 11) is -1.34. The third kappa shape index (κ3) is 7.56. The number of halogens is 3. The van der Waals surface area contributed by atoms with Crippen LogP contribution in [0.15, 0.2) is 89.5 Å². The van der Waals surface area contributed by atoms with Crippen molar-refractivity contribution in [2.75, 3.05) is 0 Å². The molecule has 4 heterocycles. The Labute approximate surface area is 299 Å². The van der Waals surface area contributed by atoms with Gasteiger partial charge in [-0.2, -0.15) is 13.2 Å². The first-order chi connectivity index (χ1) is 22.8. The zero-order valence-electron chi connectivity index (χ0n) is 28.2. The van der Waals surface area contributed by atoms with Gasteiger partial charge >= 0.3 is 6.18 Å². The van der Waals surface area contributed by atoms with Crippen molar-refractivity contribution in [3.8, 4) is 22.6 Å². The van der Waals surface area contributed by atoms with Gasteiger partial charge < -0.3 is 14.0 Å². The van der Waals surface area contributed by atoms with Crippen molar-refractivity contribution >= 4 is 46.4 Å². The summed E-state index contributed by atoms with van der Waals surface area (Å²) in [5.74, 6) is 1.32. The molecule has 0 atom stereocenters. The fourth-order valence-corrected chi connectivity index (χ4v) is 7.60. The van der Waals surface area contributed by atoms with Gasteiger partial charge in [0.1, 0.15) is 5.69 Å². The smallest absolute Gasteiger partial charge is 0.433 e. The number of para-hydroxylation sites is 2. The van der Waals surface area contributed by atoms with Crippen LogP contribution in [0.5, 0.6) is 0 Å². The van der Waals surface area contributed by atoms with Crippen molar-refractivity contribution in [2.24, 2.45) is 5.92 Å². The van der Waals surface area contributed by atoms with E-state index in [1.807, 2.05) is 54.0 Å². The fraction of sp³-hybridized carbons (Fsp3) is 0.256. The van der Waals surface area contributed by atoms with E-state index in [1.54, 1.807) is 12.1 Å². The molecule has 0 bridgehead atoms. The number of pyridine rings is 2. The number of hydrogen-bond acceptors (Lipinski definition) is 4. The first-order valence-corrected chi connectivity index (χ1v) is 19.6. The summed E-state index contributed by atoms with van der Waals surface area (Å²) in [5, 5.41) is 2.70. The number of benzene rings is 3. The second-order valence-electron chi connectivity index (χ2n) is 13.3. The second-order valence-corrected chi connectivity index (χ2v) is 18.3. The average Bonchev–Trinajstić information content (AvgIpc) is 3.62. The van der Waals surface area contributed by atoms with Crippen LogP contribution in [0.3, 0.4) is 0 Å². The standard InChI is InChI=1S/C21H13F3N3O.C18H24NSi.Ir/c1-2-27-16-9-4-3-8-15(16)25-19(27)14-7-5-6-12-13-10-11-17(21(22,23)24)26-20(13)28-18(12)14;1-14(2)11-16-12-17(15-9-7-6-8-10-15)19-13-18(16)20(3,4)5;/h3-6,8-11H,2H2,1H3;6-9,12-14H,11H2,1-5H3;/q2*-1;. The quantitative estimate of drug-likeness (QED) is 0.124. The molecule has 5 nitrogen and oxygen atoms in total. The van der Waals surface area contributed by atoms with E-state index in [2.05, 4.69) is 73.9 Å². The van der Waals surface area contributed by atoms with Crippen molar-refractivity contribution in [3.05, 3.63) is 108 Å². The Morgan fingerprint density at radius 3 is 2.33 bits per heavy atom. The van der Waals surface area contributed by atoms with E-state index in [-0.39, 0.29) is 25.8 Å². The Morgan fingerprint density at radius 2 is 1.65 bits per heavy atom. The van der Waals surface area contributed by atoms with Crippen LogP contribution < -0.4 is 5.19 Å². The Bertz CT molecular complexity index is 2220. The maximum absolute atomic E-state index is 13.0. The normalized spacial score (nSPS) is 12.0. The zero-order chi connectivity index (χ0) is 34.2. The molecule has 7 rings (SSSR count). The molecule has 0 N–H and O–H groups in total. The van der Waals surface area contributed by atoms with Gasteiger partial charge in [-0.3, -0.25) is 4.98 Å². The zero-order valence-corrected chi connectivity index (χ0v) is 31.6. The van der Waals surface area contributed by atoms with E-state index in [0.717, 1.165) is 34.8 Å². The van der Waals surface area contributed by atoms with E-state index in [4.69, 9.17) is 9.40 Å². The Hall–Kier alpha value is -4.11. The molecule has 0 fully saturated rings. The van der Waals surface area contributed by atoms with Crippen molar-refractivity contribution in [3.63, 3.8) is 0 Å². The van der Waals surface area contributed by atoms with Crippen LogP contribution >= 0.6 is 0 Å². The van der Waals surface area contributed by atoms with Gasteiger partial charge in [-0.15, -0.1) is 54.1 Å². The van der Waals surface area contributed by atoms with E-state index < -0.39 is 19.9 Å². The van der Waals surface area contributed by atoms with Crippen LogP contribution in [-0.2, 0) is 39.2 Å². The number of aryl methyl sites for hydroxylation is 1. The molecule has 10 heteroatoms. The first-order valence-electron chi connectivity index (χ1n) is 16.1. The van der Waals surface area contributed by atoms with E-state index in [9.17, 15) is 13.2 Å². The number of furan rings is 1. The molecular weight excluding hydrogens is 818 g/mol. The van der Waals surface area contributed by atoms with E-state index in [1.165, 1.54) is 16.8 Å². The van der Waals surface area contributed by atoms with Gasteiger partial charge in [0, 0.05) is 38.2 Å². The van der Waals surface area contributed by atoms with Crippen LogP contribution in [-0.4, -0.2) is 27.6 Å². The molecule has 0 unspecified atom stereocenters. The summed E-state index contributed by atoms with van der Waals surface area (Å²) in [6.45, 7) is 14.4. The number of nitrogens with zero attached hydrogens (tertiary/aromatic N) is 4. The minimum Gasteiger partial charge on any atom is -0.486 e. The Balaban J connectivity index is 0.000000199. The molecule has 0 spiro atoms. The van der Waals surface area contributed by atoms with E-state index in [0.29, 0.717) is 40.2 Å². The number of hydrogen-bond donors (Lipinski definition) is 0. The van der Waals surface area contributed by atoms with Crippen molar-refractivity contribution in [1.82, 2.24) is 19.5 Å². The molecule has 0 saturated heterocycles. The summed E-state index contributed by atoms with van der Waals surface area (Å²) in [5.41, 5.74) is 5.40. The fourth-order valence-electron chi connectivity index (χ4n) is 6.01. The predicted octanol–water partition coefficient (Wildman–Crippen LogP) is 10.1. The SMILES string of the molecule is CC(C)Cc1cc(-c2[c-]cccc2)ncc1[Si](C)(C)C.CCn1c(-c2[c-]ccc3c2oc2nc(C(F)(F)F)ccc23)nc2ccccc21.[Ir]. The summed E-state index contributed by atoms with van der Waals surface area (Å²) < 4.78 is 46.8. The van der Waals surface area contributed by atoms with Gasteiger partial charge in [-0.25, -0.2) is 4.98 Å². The average molecular weight is 855 g/mol. The number of fused-ring (bicyclic) bond motifs is 4. The second kappa shape index (κ2) is 14.4. The third-order valence-corrected chi connectivity index (χ3v) is 10.3. The summed E-state index contributed by atoms with van der Waals surface area (Å²) in [6.07, 6.45) is -1.29. The van der Waals surface area contributed by atoms with Crippen LogP contribution in [0.4, 0.5) is 13.2 Å². The molecular formula is C39H37F3IrN4OSi-2. The Kier molecular flexibility index (Phi) is 10.6. The number of imidazole rings is 1. The van der Waals surface area contributed by atoms with Gasteiger partial charge in [0.2, 0.25) is 5.71 Å². The van der Waals surface area contributed by atoms with E-state index >= 15 is 0 Å². The monoisotopic (exact) mass is 855 g/mol. The van der Waals surface area contributed by atoms with Crippen molar-refractivity contribution in [2.45, 2.75) is 59.6 Å². The minimum absolute atomic E-state index is 0. The van der Waals surface area contributed by atoms with Gasteiger partial charge in [-0.1, -0.05) is 68.2 Å². The number of rotatable bonds is 6. The Morgan fingerprint density at radius 1 is 0.898 bits per heavy atom. The molecule has 4 aromatic heterocycles. The molecule has 7 aromatic rings. The van der Waals surface area contributed by atoms with Crippen LogP contribution in [0.1, 0.15) is 32.0 Å². The molecule has 0 aliphatic carbocycles. The molecule has 0 amide bonds. The topological polar surface area (TPSA) is 56.7 Å². The third-order valence-electron chi connectivity index (χ3n) is 8.19. The molecule has 255 valence electrons. The summed E-state index contributed by atoms with van der Waals surface area (Å²) in [6, 6.07) is 30.4. The molecule has 1 radical (unpaired) electrons.